The Morgan fingerprint density at radius 3 is 2.49 bits per heavy atom. The molecule has 0 saturated heterocycles. The van der Waals surface area contributed by atoms with Gasteiger partial charge in [-0.2, -0.15) is 0 Å². The Bertz CT molecular complexity index is 2570. The molecule has 3 amide bonds. The van der Waals surface area contributed by atoms with Crippen molar-refractivity contribution in [3.63, 3.8) is 0 Å². The topological polar surface area (TPSA) is 137 Å². The van der Waals surface area contributed by atoms with E-state index in [1.54, 1.807) is 18.2 Å². The molecule has 0 radical (unpaired) electrons. The molecule has 0 saturated carbocycles. The van der Waals surface area contributed by atoms with E-state index in [1.165, 1.54) is 6.07 Å². The van der Waals surface area contributed by atoms with Crippen molar-refractivity contribution >= 4 is 51.5 Å². The zero-order valence-corrected chi connectivity index (χ0v) is 29.9. The number of allylic oxidation sites excluding steroid dienone is 1. The lowest BCUT2D eigenvalue weighted by Gasteiger charge is -2.42. The number of carboxylic acids is 1. The van der Waals surface area contributed by atoms with Crippen molar-refractivity contribution in [3.8, 4) is 11.5 Å². The van der Waals surface area contributed by atoms with Gasteiger partial charge in [0, 0.05) is 71.6 Å². The molecule has 11 heteroatoms. The van der Waals surface area contributed by atoms with Crippen LogP contribution in [0.25, 0.3) is 22.1 Å². The second-order valence-electron chi connectivity index (χ2n) is 14.4. The van der Waals surface area contributed by atoms with E-state index in [-0.39, 0.29) is 23.1 Å². The lowest BCUT2D eigenvalue weighted by atomic mass is 9.86. The molecule has 1 N–H and O–H groups in total. The van der Waals surface area contributed by atoms with E-state index in [4.69, 9.17) is 9.15 Å². The quantitative estimate of drug-likeness (QED) is 0.147. The van der Waals surface area contributed by atoms with Crippen LogP contribution < -0.4 is 30.4 Å². The molecule has 53 heavy (non-hydrogen) atoms. The maximum Gasteiger partial charge on any atom is 0.348 e. The molecule has 1 aromatic heterocycles. The van der Waals surface area contributed by atoms with Gasteiger partial charge >= 0.3 is 11.6 Å². The Balaban J connectivity index is 1.32. The van der Waals surface area contributed by atoms with Crippen molar-refractivity contribution in [1.82, 2.24) is 9.48 Å². The largest absolute Gasteiger partial charge is 0.478 e. The second kappa shape index (κ2) is 12.5. The third kappa shape index (κ3) is 5.49. The Morgan fingerprint density at radius 1 is 1.00 bits per heavy atom. The number of rotatable bonds is 7. The number of ether oxygens (including phenoxy) is 1. The number of hydrogen-bond acceptors (Lipinski definition) is 8. The summed E-state index contributed by atoms with van der Waals surface area (Å²) in [4.78, 5) is 66.5. The Labute approximate surface area is 304 Å². The van der Waals surface area contributed by atoms with Crippen LogP contribution in [-0.2, 0) is 20.8 Å². The average molecular weight is 713 g/mol. The highest BCUT2D eigenvalue weighted by molar-refractivity contribution is 6.22. The van der Waals surface area contributed by atoms with Crippen LogP contribution in [0.15, 0.2) is 76.0 Å². The van der Waals surface area contributed by atoms with Gasteiger partial charge in [-0.25, -0.2) is 19.1 Å². The van der Waals surface area contributed by atoms with Crippen LogP contribution in [0.4, 0.5) is 5.69 Å². The minimum Gasteiger partial charge on any atom is -0.478 e. The van der Waals surface area contributed by atoms with Gasteiger partial charge in [0.2, 0.25) is 11.3 Å². The van der Waals surface area contributed by atoms with Crippen LogP contribution in [0.5, 0.6) is 11.5 Å². The number of likely N-dealkylation sites (N-methyl/N-ethyl adjacent to an activating group) is 1. The third-order valence-electron chi connectivity index (χ3n) is 10.7. The minimum absolute atomic E-state index is 0.0241. The molecule has 5 heterocycles. The molecule has 0 atom stereocenters. The highest BCUT2D eigenvalue weighted by atomic mass is 16.5. The number of carboxylic acid groups (broad SMARTS) is 1. The molecular weight excluding hydrogens is 674 g/mol. The summed E-state index contributed by atoms with van der Waals surface area (Å²) in [5.41, 5.74) is 4.46. The summed E-state index contributed by atoms with van der Waals surface area (Å²) in [5, 5.41) is 12.4. The number of imide groups is 3. The molecule has 4 aromatic rings. The fraction of sp³-hybridized carbons (Fsp3) is 0.286. The minimum atomic E-state index is -1.13. The first-order valence-corrected chi connectivity index (χ1v) is 17.9. The Hall–Kier alpha value is -6.10. The molecule has 0 aliphatic carbocycles. The van der Waals surface area contributed by atoms with Gasteiger partial charge in [-0.1, -0.05) is 24.3 Å². The van der Waals surface area contributed by atoms with E-state index in [9.17, 15) is 29.1 Å². The predicted octanol–water partition coefficient (Wildman–Crippen LogP) is 4.54. The molecule has 0 fully saturated rings. The number of benzene rings is 3. The first-order valence-electron chi connectivity index (χ1n) is 17.9. The summed E-state index contributed by atoms with van der Waals surface area (Å²) in [6.45, 7) is 10.4. The molecule has 3 aromatic carbocycles. The first-order chi connectivity index (χ1) is 25.4. The number of amides is 3. The van der Waals surface area contributed by atoms with Gasteiger partial charge in [-0.05, 0) is 63.5 Å². The van der Waals surface area contributed by atoms with Crippen molar-refractivity contribution in [1.29, 1.82) is 0 Å². The number of carbonyl (C=O) groups is 4. The monoisotopic (exact) mass is 712 g/mol. The Morgan fingerprint density at radius 2 is 1.75 bits per heavy atom. The van der Waals surface area contributed by atoms with Crippen LogP contribution in [0.3, 0.4) is 0 Å². The smallest absolute Gasteiger partial charge is 0.348 e. The lowest BCUT2D eigenvalue weighted by Crippen LogP contribution is -2.44. The standard InChI is InChI=1S/C42H37N3O8/c1-5-44-31-21-33-29(19-27(31)23(2)22-42(44,3)4)39-38(41(51)53-33)37(25-11-6-7-12-26(25)40(49)50)28-18-24-10-8-16-43(30(24)20-32(28)52-39)17-9-13-34(46)45-35(47)14-15-36(45)48/h6-7,11-12,14-15,18-22H,5,8-10,13,16-17H2,1-4H3/p+1. The number of aryl methyl sites for hydroxylation is 1. The van der Waals surface area contributed by atoms with Crippen molar-refractivity contribution in [3.05, 3.63) is 116 Å². The summed E-state index contributed by atoms with van der Waals surface area (Å²) in [7, 11) is 0. The molecule has 268 valence electrons. The maximum atomic E-state index is 14.2. The summed E-state index contributed by atoms with van der Waals surface area (Å²) in [6, 6.07) is 14.4. The third-order valence-corrected chi connectivity index (χ3v) is 10.7. The summed E-state index contributed by atoms with van der Waals surface area (Å²) < 4.78 is 15.0. The summed E-state index contributed by atoms with van der Waals surface area (Å²) >= 11 is 0. The lowest BCUT2D eigenvalue weighted by molar-refractivity contribution is -0.148. The zero-order chi connectivity index (χ0) is 37.3. The van der Waals surface area contributed by atoms with Gasteiger partial charge in [-0.3, -0.25) is 14.4 Å². The molecular formula is C42H38N3O8+. The van der Waals surface area contributed by atoms with Crippen molar-refractivity contribution in [2.24, 2.45) is 0 Å². The second-order valence-corrected chi connectivity index (χ2v) is 14.4. The predicted molar refractivity (Wildman–Crippen MR) is 199 cm³/mol. The SMILES string of the molecule is CCN1c2cc3oc(=O)c4c(c3cc2C(C)=CC1(C)C)Oc1cc2c(cc1=C4c1ccccc1C(=O)O)CCC[N+]=2CCCC(=O)N1C(=O)C=CC1=O. The normalized spacial score (nSPS) is 16.9. The molecule has 4 aliphatic heterocycles. The molecule has 0 bridgehead atoms. The molecule has 8 rings (SSSR count). The Kier molecular flexibility index (Phi) is 8.05. The van der Waals surface area contributed by atoms with Crippen LogP contribution in [-0.4, -0.2) is 58.9 Å². The van der Waals surface area contributed by atoms with Crippen LogP contribution in [0, 0.1) is 0 Å². The number of fused-ring (bicyclic) bond motifs is 6. The van der Waals surface area contributed by atoms with Gasteiger partial charge < -0.3 is 19.2 Å². The van der Waals surface area contributed by atoms with Crippen molar-refractivity contribution in [2.75, 3.05) is 24.5 Å². The average Bonchev–Trinajstić information content (AvgIpc) is 3.46. The maximum absolute atomic E-state index is 14.2. The van der Waals surface area contributed by atoms with Gasteiger partial charge in [-0.15, -0.1) is 0 Å². The number of nitrogens with zero attached hydrogens (tertiary/aromatic N) is 3. The van der Waals surface area contributed by atoms with E-state index in [1.807, 2.05) is 24.3 Å². The summed E-state index contributed by atoms with van der Waals surface area (Å²) in [5.74, 6) is -2.15. The number of hydrogen-bond donors (Lipinski definition) is 1. The van der Waals surface area contributed by atoms with Crippen LogP contribution >= 0.6 is 0 Å². The number of carbonyl (C=O) groups excluding carboxylic acids is 3. The fourth-order valence-corrected chi connectivity index (χ4v) is 8.44. The number of aromatic carboxylic acids is 1. The van der Waals surface area contributed by atoms with E-state index >= 15 is 0 Å². The van der Waals surface area contributed by atoms with Crippen molar-refractivity contribution in [2.45, 2.75) is 58.9 Å². The molecule has 4 aliphatic rings. The zero-order valence-electron chi connectivity index (χ0n) is 29.9. The van der Waals surface area contributed by atoms with Crippen LogP contribution in [0.1, 0.15) is 79.6 Å². The van der Waals surface area contributed by atoms with E-state index < -0.39 is 29.3 Å². The molecule has 0 spiro atoms. The summed E-state index contributed by atoms with van der Waals surface area (Å²) in [6.07, 6.45) is 6.41. The highest BCUT2D eigenvalue weighted by Crippen LogP contribution is 2.45. The van der Waals surface area contributed by atoms with Gasteiger partial charge in [0.1, 0.15) is 30.0 Å². The molecule has 11 nitrogen and oxygen atoms in total. The van der Waals surface area contributed by atoms with Gasteiger partial charge in [0.15, 0.2) is 5.75 Å². The first kappa shape index (κ1) is 34.0. The van der Waals surface area contributed by atoms with Gasteiger partial charge in [0.25, 0.3) is 11.8 Å². The number of anilines is 1. The van der Waals surface area contributed by atoms with E-state index in [2.05, 4.69) is 43.2 Å². The van der Waals surface area contributed by atoms with E-state index in [0.29, 0.717) is 63.2 Å². The highest BCUT2D eigenvalue weighted by Gasteiger charge is 2.35. The van der Waals surface area contributed by atoms with Crippen molar-refractivity contribution < 1.29 is 33.4 Å². The van der Waals surface area contributed by atoms with Crippen LogP contribution in [0.2, 0.25) is 0 Å². The van der Waals surface area contributed by atoms with E-state index in [0.717, 1.165) is 59.3 Å². The van der Waals surface area contributed by atoms with Gasteiger partial charge in [0.05, 0.1) is 22.6 Å². The molecule has 0 unspecified atom stereocenters. The fourth-order valence-electron chi connectivity index (χ4n) is 8.44.